The number of anilines is 2. The van der Waals surface area contributed by atoms with E-state index in [2.05, 4.69) is 33.7 Å². The number of primary amides is 1. The van der Waals surface area contributed by atoms with Gasteiger partial charge in [0.2, 0.25) is 0 Å². The first kappa shape index (κ1) is 23.3. The molecule has 1 aromatic heterocycles. The number of carbonyl (C=O) groups excluding carboxylic acids is 2. The van der Waals surface area contributed by atoms with Crippen LogP contribution in [0.4, 0.5) is 10.7 Å². The molecule has 1 aliphatic heterocycles. The Balaban J connectivity index is 1.38. The number of benzene rings is 3. The Morgan fingerprint density at radius 1 is 1.00 bits per heavy atom. The fraction of sp³-hybridized carbons (Fsp3) is 0.115. The van der Waals surface area contributed by atoms with Crippen LogP contribution in [0.15, 0.2) is 66.7 Å². The highest BCUT2D eigenvalue weighted by molar-refractivity contribution is 7.80. The van der Waals surface area contributed by atoms with Crippen molar-refractivity contribution in [2.45, 2.75) is 13.0 Å². The van der Waals surface area contributed by atoms with Gasteiger partial charge in [-0.3, -0.25) is 9.59 Å². The van der Waals surface area contributed by atoms with Crippen LogP contribution < -0.4 is 16.4 Å². The molecule has 6 nitrogen and oxygen atoms in total. The molecule has 1 aliphatic rings. The highest BCUT2D eigenvalue weighted by Gasteiger charge is 2.29. The summed E-state index contributed by atoms with van der Waals surface area (Å²) in [6.45, 7) is 1.14. The summed E-state index contributed by atoms with van der Waals surface area (Å²) < 4.78 is 0. The molecular formula is C26H21ClN4O2S2. The molecule has 35 heavy (non-hydrogen) atoms. The Bertz CT molecular complexity index is 1480. The Kier molecular flexibility index (Phi) is 6.42. The SMILES string of the molecule is NC(=O)c1c(NC(=O)c2ccccc2Cl)sc2c1CCN(C(=S)Nc1cccc3ccccc13)C2. The predicted molar refractivity (Wildman–Crippen MR) is 147 cm³/mol. The van der Waals surface area contributed by atoms with E-state index in [0.717, 1.165) is 26.9 Å². The zero-order valence-corrected chi connectivity index (χ0v) is 20.9. The number of nitrogens with one attached hydrogen (secondary N) is 2. The Morgan fingerprint density at radius 3 is 2.54 bits per heavy atom. The topological polar surface area (TPSA) is 87.5 Å². The van der Waals surface area contributed by atoms with E-state index in [1.165, 1.54) is 11.3 Å². The first-order valence-corrected chi connectivity index (χ1v) is 12.6. The zero-order chi connectivity index (χ0) is 24.5. The summed E-state index contributed by atoms with van der Waals surface area (Å²) in [5.74, 6) is -0.955. The van der Waals surface area contributed by atoms with Crippen molar-refractivity contribution in [2.24, 2.45) is 5.73 Å². The van der Waals surface area contributed by atoms with E-state index in [0.29, 0.717) is 45.8 Å². The summed E-state index contributed by atoms with van der Waals surface area (Å²) in [5, 5.41) is 9.80. The minimum Gasteiger partial charge on any atom is -0.365 e. The van der Waals surface area contributed by atoms with Gasteiger partial charge in [0.1, 0.15) is 5.00 Å². The number of amides is 2. The summed E-state index contributed by atoms with van der Waals surface area (Å²) >= 11 is 13.2. The first-order chi connectivity index (χ1) is 16.9. The monoisotopic (exact) mass is 520 g/mol. The number of halogens is 1. The third kappa shape index (κ3) is 4.60. The molecule has 2 heterocycles. The molecule has 9 heteroatoms. The molecule has 0 bridgehead atoms. The van der Waals surface area contributed by atoms with Gasteiger partial charge in [0.15, 0.2) is 5.11 Å². The van der Waals surface area contributed by atoms with Crippen molar-refractivity contribution in [3.05, 3.63) is 93.3 Å². The number of hydrogen-bond donors (Lipinski definition) is 3. The molecule has 0 spiro atoms. The number of fused-ring (bicyclic) bond motifs is 2. The number of thiophene rings is 1. The Morgan fingerprint density at radius 2 is 1.74 bits per heavy atom. The van der Waals surface area contributed by atoms with Gasteiger partial charge in [-0.2, -0.15) is 0 Å². The van der Waals surface area contributed by atoms with Gasteiger partial charge in [0.05, 0.1) is 22.7 Å². The van der Waals surface area contributed by atoms with E-state index in [1.807, 2.05) is 24.3 Å². The Hall–Kier alpha value is -3.46. The maximum atomic E-state index is 12.8. The summed E-state index contributed by atoms with van der Waals surface area (Å²) in [7, 11) is 0. The second-order valence-corrected chi connectivity index (χ2v) is 10.0. The lowest BCUT2D eigenvalue weighted by molar-refractivity contribution is 0.1000. The quantitative estimate of drug-likeness (QED) is 0.302. The second kappa shape index (κ2) is 9.65. The molecule has 176 valence electrons. The largest absolute Gasteiger partial charge is 0.365 e. The predicted octanol–water partition coefficient (Wildman–Crippen LogP) is 5.66. The Labute approximate surface area is 216 Å². The maximum Gasteiger partial charge on any atom is 0.257 e. The standard InChI is InChI=1S/C26H21ClN4O2S2/c27-19-10-4-3-9-17(19)24(33)30-25-22(23(28)32)18-12-13-31(14-21(18)35-25)26(34)29-20-11-5-7-15-6-1-2-8-16(15)20/h1-11H,12-14H2,(H2,28,32)(H,29,34)(H,30,33). The normalized spacial score (nSPS) is 12.8. The van der Waals surface area contributed by atoms with Crippen LogP contribution in [-0.4, -0.2) is 28.4 Å². The van der Waals surface area contributed by atoms with E-state index >= 15 is 0 Å². The smallest absolute Gasteiger partial charge is 0.257 e. The molecule has 4 N–H and O–H groups in total. The average Bonchev–Trinajstić information content (AvgIpc) is 3.21. The molecule has 5 rings (SSSR count). The van der Waals surface area contributed by atoms with Gasteiger partial charge < -0.3 is 21.3 Å². The van der Waals surface area contributed by atoms with E-state index in [-0.39, 0.29) is 5.91 Å². The highest BCUT2D eigenvalue weighted by Crippen LogP contribution is 2.37. The van der Waals surface area contributed by atoms with Crippen molar-refractivity contribution < 1.29 is 9.59 Å². The van der Waals surface area contributed by atoms with Crippen LogP contribution in [0.5, 0.6) is 0 Å². The van der Waals surface area contributed by atoms with Gasteiger partial charge in [-0.1, -0.05) is 60.1 Å². The number of nitrogens with two attached hydrogens (primary N) is 1. The highest BCUT2D eigenvalue weighted by atomic mass is 35.5. The number of thiocarbonyl (C=S) groups is 1. The van der Waals surface area contributed by atoms with Crippen LogP contribution in [0.1, 0.15) is 31.2 Å². The zero-order valence-electron chi connectivity index (χ0n) is 18.5. The van der Waals surface area contributed by atoms with Gasteiger partial charge >= 0.3 is 0 Å². The van der Waals surface area contributed by atoms with Gasteiger partial charge in [0.25, 0.3) is 11.8 Å². The third-order valence-electron chi connectivity index (χ3n) is 5.97. The molecule has 4 aromatic rings. The summed E-state index contributed by atoms with van der Waals surface area (Å²) in [6, 6.07) is 20.9. The molecule has 0 unspecified atom stereocenters. The van der Waals surface area contributed by atoms with Crippen LogP contribution in [0.3, 0.4) is 0 Å². The summed E-state index contributed by atoms with van der Waals surface area (Å²) in [5.41, 5.74) is 8.21. The molecule has 0 aliphatic carbocycles. The fourth-order valence-corrected chi connectivity index (χ4v) is 6.02. The lowest BCUT2D eigenvalue weighted by atomic mass is 10.0. The van der Waals surface area contributed by atoms with Gasteiger partial charge in [-0.05, 0) is 47.8 Å². The molecule has 0 saturated carbocycles. The van der Waals surface area contributed by atoms with Gasteiger partial charge in [-0.15, -0.1) is 11.3 Å². The molecule has 0 radical (unpaired) electrons. The maximum absolute atomic E-state index is 12.8. The lowest BCUT2D eigenvalue weighted by Crippen LogP contribution is -2.38. The molecule has 0 atom stereocenters. The lowest BCUT2D eigenvalue weighted by Gasteiger charge is -2.30. The average molecular weight is 521 g/mol. The fourth-order valence-electron chi connectivity index (χ4n) is 4.27. The molecule has 0 saturated heterocycles. The van der Waals surface area contributed by atoms with E-state index in [1.54, 1.807) is 24.3 Å². The van der Waals surface area contributed by atoms with Crippen molar-refractivity contribution in [3.63, 3.8) is 0 Å². The van der Waals surface area contributed by atoms with E-state index in [9.17, 15) is 9.59 Å². The number of nitrogens with zero attached hydrogens (tertiary/aromatic N) is 1. The second-order valence-electron chi connectivity index (χ2n) is 8.13. The number of carbonyl (C=O) groups is 2. The van der Waals surface area contributed by atoms with Crippen molar-refractivity contribution in [3.8, 4) is 0 Å². The van der Waals surface area contributed by atoms with Crippen molar-refractivity contribution in [1.29, 1.82) is 0 Å². The minimum atomic E-state index is -0.568. The van der Waals surface area contributed by atoms with Gasteiger partial charge in [-0.25, -0.2) is 0 Å². The van der Waals surface area contributed by atoms with Gasteiger partial charge in [0, 0.05) is 22.5 Å². The van der Waals surface area contributed by atoms with Crippen LogP contribution in [0.2, 0.25) is 5.02 Å². The van der Waals surface area contributed by atoms with Crippen molar-refractivity contribution in [1.82, 2.24) is 4.90 Å². The van der Waals surface area contributed by atoms with E-state index in [4.69, 9.17) is 29.6 Å². The minimum absolute atomic E-state index is 0.332. The number of hydrogen-bond acceptors (Lipinski definition) is 4. The molecular weight excluding hydrogens is 500 g/mol. The van der Waals surface area contributed by atoms with E-state index < -0.39 is 5.91 Å². The van der Waals surface area contributed by atoms with Crippen molar-refractivity contribution in [2.75, 3.05) is 17.2 Å². The molecule has 2 amide bonds. The summed E-state index contributed by atoms with van der Waals surface area (Å²) in [4.78, 5) is 28.1. The van der Waals surface area contributed by atoms with Crippen LogP contribution in [0, 0.1) is 0 Å². The molecule has 0 fully saturated rings. The van der Waals surface area contributed by atoms with Crippen molar-refractivity contribution >= 4 is 73.5 Å². The number of rotatable bonds is 4. The first-order valence-electron chi connectivity index (χ1n) is 11.0. The van der Waals surface area contributed by atoms with Crippen LogP contribution >= 0.6 is 35.2 Å². The van der Waals surface area contributed by atoms with Crippen LogP contribution in [-0.2, 0) is 13.0 Å². The molecule has 3 aromatic carbocycles. The summed E-state index contributed by atoms with van der Waals surface area (Å²) in [6.07, 6.45) is 0.587. The van der Waals surface area contributed by atoms with Crippen LogP contribution in [0.25, 0.3) is 10.8 Å². The third-order valence-corrected chi connectivity index (χ3v) is 7.79.